The Balaban J connectivity index is 2.72. The number of hydrogen-bond acceptors (Lipinski definition) is 2. The van der Waals surface area contributed by atoms with Crippen molar-refractivity contribution in [3.05, 3.63) is 24.0 Å². The maximum absolute atomic E-state index is 12.6. The summed E-state index contributed by atoms with van der Waals surface area (Å²) in [5, 5.41) is 0. The van der Waals surface area contributed by atoms with Crippen LogP contribution in [0.15, 0.2) is 23.1 Å². The molecule has 0 unspecified atom stereocenters. The lowest BCUT2D eigenvalue weighted by Gasteiger charge is -2.07. The number of alkyl halides is 3. The molecule has 0 saturated carbocycles. The molecule has 1 rings (SSSR count). The number of thioether (sulfide) groups is 1. The van der Waals surface area contributed by atoms with E-state index in [9.17, 15) is 17.6 Å². The molecule has 2 N–H and O–H groups in total. The average Bonchev–Trinajstić information content (AvgIpc) is 2.05. The van der Waals surface area contributed by atoms with Crippen LogP contribution in [0.4, 0.5) is 23.2 Å². The largest absolute Gasteiger partial charge is 0.398 e. The summed E-state index contributed by atoms with van der Waals surface area (Å²) in [5.41, 5.74) is 5.52. The second kappa shape index (κ2) is 4.08. The number of rotatable bonds is 2. The van der Waals surface area contributed by atoms with E-state index in [1.165, 1.54) is 6.07 Å². The lowest BCUT2D eigenvalue weighted by molar-refractivity contribution is -0.105. The van der Waals surface area contributed by atoms with E-state index in [1.807, 2.05) is 0 Å². The summed E-state index contributed by atoms with van der Waals surface area (Å²) < 4.78 is 48.1. The van der Waals surface area contributed by atoms with Crippen molar-refractivity contribution in [3.8, 4) is 0 Å². The molecule has 0 heterocycles. The molecule has 0 aromatic heterocycles. The number of anilines is 1. The van der Waals surface area contributed by atoms with E-state index in [-0.39, 0.29) is 10.6 Å². The maximum Gasteiger partial charge on any atom is 0.398 e. The highest BCUT2D eigenvalue weighted by Gasteiger charge is 2.27. The van der Waals surface area contributed by atoms with Crippen molar-refractivity contribution in [2.24, 2.45) is 0 Å². The molecular formula is C8H7F4NS. The molecule has 0 aliphatic rings. The van der Waals surface area contributed by atoms with Crippen molar-refractivity contribution in [3.63, 3.8) is 0 Å². The molecule has 14 heavy (non-hydrogen) atoms. The van der Waals surface area contributed by atoms with E-state index in [2.05, 4.69) is 0 Å². The van der Waals surface area contributed by atoms with Crippen molar-refractivity contribution in [2.45, 2.75) is 11.1 Å². The zero-order chi connectivity index (χ0) is 10.8. The van der Waals surface area contributed by atoms with E-state index in [0.717, 1.165) is 12.1 Å². The smallest absolute Gasteiger partial charge is 0.398 e. The van der Waals surface area contributed by atoms with Crippen LogP contribution >= 0.6 is 11.8 Å². The first-order valence-corrected chi connectivity index (χ1v) is 4.61. The Kier molecular flexibility index (Phi) is 3.25. The lowest BCUT2D eigenvalue weighted by atomic mass is 10.3. The van der Waals surface area contributed by atoms with Crippen molar-refractivity contribution in [1.82, 2.24) is 0 Å². The topological polar surface area (TPSA) is 26.0 Å². The normalized spacial score (nSPS) is 11.7. The minimum Gasteiger partial charge on any atom is -0.398 e. The molecule has 0 bridgehead atoms. The molecule has 1 nitrogen and oxygen atoms in total. The SMILES string of the molecule is Nc1ccc(F)cc1SCC(F)(F)F. The molecule has 6 heteroatoms. The molecule has 0 spiro atoms. The quantitative estimate of drug-likeness (QED) is 0.475. The zero-order valence-electron chi connectivity index (χ0n) is 6.94. The van der Waals surface area contributed by atoms with Crippen molar-refractivity contribution in [2.75, 3.05) is 11.5 Å². The van der Waals surface area contributed by atoms with Gasteiger partial charge in [-0.2, -0.15) is 13.2 Å². The monoisotopic (exact) mass is 225 g/mol. The fourth-order valence-corrected chi connectivity index (χ4v) is 1.54. The molecule has 0 radical (unpaired) electrons. The van der Waals surface area contributed by atoms with Crippen LogP contribution in [-0.4, -0.2) is 11.9 Å². The molecular weight excluding hydrogens is 218 g/mol. The standard InChI is InChI=1S/C8H7F4NS/c9-5-1-2-6(13)7(3-5)14-4-8(10,11)12/h1-3H,4,13H2. The molecule has 0 amide bonds. The number of nitrogen functional groups attached to an aromatic ring is 1. The van der Waals surface area contributed by atoms with E-state index >= 15 is 0 Å². The highest BCUT2D eigenvalue weighted by molar-refractivity contribution is 7.99. The van der Waals surface area contributed by atoms with Crippen molar-refractivity contribution >= 4 is 17.4 Å². The molecule has 78 valence electrons. The molecule has 0 aliphatic heterocycles. The first-order chi connectivity index (χ1) is 6.38. The van der Waals surface area contributed by atoms with Gasteiger partial charge in [-0.25, -0.2) is 4.39 Å². The fraction of sp³-hybridized carbons (Fsp3) is 0.250. The molecule has 0 fully saturated rings. The molecule has 0 atom stereocenters. The minimum absolute atomic E-state index is 0.113. The van der Waals surface area contributed by atoms with Gasteiger partial charge in [0.05, 0.1) is 5.75 Å². The summed E-state index contributed by atoms with van der Waals surface area (Å²) in [4.78, 5) is 0.113. The van der Waals surface area contributed by atoms with Gasteiger partial charge in [0, 0.05) is 10.6 Å². The predicted molar refractivity (Wildman–Crippen MR) is 47.6 cm³/mol. The summed E-state index contributed by atoms with van der Waals surface area (Å²) in [6, 6.07) is 3.34. The third-order valence-corrected chi connectivity index (χ3v) is 2.50. The Hall–Kier alpha value is -0.910. The van der Waals surface area contributed by atoms with Crippen LogP contribution in [-0.2, 0) is 0 Å². The Morgan fingerprint density at radius 3 is 2.50 bits per heavy atom. The third-order valence-electron chi connectivity index (χ3n) is 1.37. The van der Waals surface area contributed by atoms with Crippen molar-refractivity contribution in [1.29, 1.82) is 0 Å². The average molecular weight is 225 g/mol. The van der Waals surface area contributed by atoms with E-state index in [4.69, 9.17) is 5.73 Å². The van der Waals surface area contributed by atoms with Crippen LogP contribution in [0.1, 0.15) is 0 Å². The van der Waals surface area contributed by atoms with Gasteiger partial charge in [0.2, 0.25) is 0 Å². The highest BCUT2D eigenvalue weighted by Crippen LogP contribution is 2.31. The van der Waals surface area contributed by atoms with Gasteiger partial charge in [-0.05, 0) is 18.2 Å². The van der Waals surface area contributed by atoms with Crippen LogP contribution in [0.2, 0.25) is 0 Å². The number of hydrogen-bond donors (Lipinski definition) is 1. The van der Waals surface area contributed by atoms with Crippen LogP contribution in [0, 0.1) is 5.82 Å². The zero-order valence-corrected chi connectivity index (χ0v) is 7.75. The van der Waals surface area contributed by atoms with Gasteiger partial charge in [-0.1, -0.05) is 0 Å². The van der Waals surface area contributed by atoms with Gasteiger partial charge >= 0.3 is 6.18 Å². The highest BCUT2D eigenvalue weighted by atomic mass is 32.2. The van der Waals surface area contributed by atoms with E-state index in [1.54, 1.807) is 0 Å². The predicted octanol–water partition coefficient (Wildman–Crippen LogP) is 3.06. The Labute approximate surface area is 82.3 Å². The van der Waals surface area contributed by atoms with Gasteiger partial charge in [-0.15, -0.1) is 11.8 Å². The van der Waals surface area contributed by atoms with E-state index in [0.29, 0.717) is 11.8 Å². The third kappa shape index (κ3) is 3.45. The first kappa shape index (κ1) is 11.2. The number of benzene rings is 1. The van der Waals surface area contributed by atoms with Gasteiger partial charge in [0.25, 0.3) is 0 Å². The molecule has 0 saturated heterocycles. The molecule has 1 aromatic rings. The van der Waals surface area contributed by atoms with Gasteiger partial charge in [0.1, 0.15) is 5.82 Å². The van der Waals surface area contributed by atoms with Gasteiger partial charge in [-0.3, -0.25) is 0 Å². The Bertz CT molecular complexity index is 324. The lowest BCUT2D eigenvalue weighted by Crippen LogP contribution is -2.10. The molecule has 0 aliphatic carbocycles. The summed E-state index contributed by atoms with van der Waals surface area (Å²) >= 11 is 0.478. The van der Waals surface area contributed by atoms with Crippen LogP contribution in [0.5, 0.6) is 0 Å². The second-order valence-corrected chi connectivity index (χ2v) is 3.60. The van der Waals surface area contributed by atoms with Crippen LogP contribution in [0.3, 0.4) is 0 Å². The Morgan fingerprint density at radius 1 is 1.29 bits per heavy atom. The summed E-state index contributed by atoms with van der Waals surface area (Å²) in [6.07, 6.45) is -4.27. The summed E-state index contributed by atoms with van der Waals surface area (Å²) in [6.45, 7) is 0. The summed E-state index contributed by atoms with van der Waals surface area (Å²) in [5.74, 6) is -1.66. The second-order valence-electron chi connectivity index (χ2n) is 2.59. The van der Waals surface area contributed by atoms with Gasteiger partial charge in [0.15, 0.2) is 0 Å². The Morgan fingerprint density at radius 2 is 1.93 bits per heavy atom. The first-order valence-electron chi connectivity index (χ1n) is 3.63. The van der Waals surface area contributed by atoms with E-state index < -0.39 is 17.7 Å². The summed E-state index contributed by atoms with van der Waals surface area (Å²) in [7, 11) is 0. The maximum atomic E-state index is 12.6. The molecule has 1 aromatic carbocycles. The number of nitrogens with two attached hydrogens (primary N) is 1. The van der Waals surface area contributed by atoms with Gasteiger partial charge < -0.3 is 5.73 Å². The van der Waals surface area contributed by atoms with Crippen LogP contribution < -0.4 is 5.73 Å². The van der Waals surface area contributed by atoms with Crippen LogP contribution in [0.25, 0.3) is 0 Å². The minimum atomic E-state index is -4.27. The van der Waals surface area contributed by atoms with Crippen molar-refractivity contribution < 1.29 is 17.6 Å². The fourth-order valence-electron chi connectivity index (χ4n) is 0.793. The number of halogens is 4.